The molecule has 112 valence electrons. The van der Waals surface area contributed by atoms with E-state index in [1.54, 1.807) is 0 Å². The second-order valence-corrected chi connectivity index (χ2v) is 7.22. The highest BCUT2D eigenvalue weighted by molar-refractivity contribution is 4.96. The van der Waals surface area contributed by atoms with Crippen LogP contribution < -0.4 is 5.32 Å². The second kappa shape index (κ2) is 6.55. The van der Waals surface area contributed by atoms with Crippen LogP contribution in [0.2, 0.25) is 0 Å². The van der Waals surface area contributed by atoms with Crippen LogP contribution in [0.1, 0.15) is 52.4 Å². The molecule has 1 atom stereocenters. The third-order valence-electron chi connectivity index (χ3n) is 5.29. The molecular weight excluding hydrogens is 234 g/mol. The Morgan fingerprint density at radius 1 is 1.11 bits per heavy atom. The summed E-state index contributed by atoms with van der Waals surface area (Å²) in [5, 5.41) is 3.40. The van der Waals surface area contributed by atoms with E-state index < -0.39 is 0 Å². The van der Waals surface area contributed by atoms with Gasteiger partial charge in [0.2, 0.25) is 0 Å². The SMILES string of the molecule is CNCC1CN(C)C(C)(C)CN1C1CCCCCC1. The summed E-state index contributed by atoms with van der Waals surface area (Å²) in [4.78, 5) is 5.38. The van der Waals surface area contributed by atoms with Crippen LogP contribution in [0.3, 0.4) is 0 Å². The fraction of sp³-hybridized carbons (Fsp3) is 1.00. The molecule has 0 aromatic carbocycles. The first-order valence-electron chi connectivity index (χ1n) is 8.16. The van der Waals surface area contributed by atoms with Crippen LogP contribution in [0, 0.1) is 0 Å². The maximum absolute atomic E-state index is 3.40. The van der Waals surface area contributed by atoms with Gasteiger partial charge in [-0.15, -0.1) is 0 Å². The first kappa shape index (κ1) is 15.3. The Morgan fingerprint density at radius 2 is 1.74 bits per heavy atom. The molecule has 0 radical (unpaired) electrons. The molecule has 2 aliphatic rings. The summed E-state index contributed by atoms with van der Waals surface area (Å²) in [6.45, 7) is 8.33. The minimum atomic E-state index is 0.316. The Hall–Kier alpha value is -0.120. The van der Waals surface area contributed by atoms with E-state index in [1.165, 1.54) is 51.6 Å². The third kappa shape index (κ3) is 3.71. The van der Waals surface area contributed by atoms with Crippen molar-refractivity contribution in [2.24, 2.45) is 0 Å². The number of hydrogen-bond acceptors (Lipinski definition) is 3. The Labute approximate surface area is 119 Å². The van der Waals surface area contributed by atoms with Crippen LogP contribution in [0.25, 0.3) is 0 Å². The maximum Gasteiger partial charge on any atom is 0.0351 e. The second-order valence-electron chi connectivity index (χ2n) is 7.22. The average Bonchev–Trinajstić information content (AvgIpc) is 2.63. The predicted octanol–water partition coefficient (Wildman–Crippen LogP) is 2.32. The number of piperazine rings is 1. The quantitative estimate of drug-likeness (QED) is 0.792. The van der Waals surface area contributed by atoms with Crippen molar-refractivity contribution in [3.05, 3.63) is 0 Å². The molecule has 1 saturated carbocycles. The molecule has 0 aromatic heterocycles. The zero-order valence-corrected chi connectivity index (χ0v) is 13.4. The zero-order valence-electron chi connectivity index (χ0n) is 13.4. The van der Waals surface area contributed by atoms with E-state index in [9.17, 15) is 0 Å². The Bertz CT molecular complexity index is 267. The van der Waals surface area contributed by atoms with Gasteiger partial charge in [-0.25, -0.2) is 0 Å². The average molecular weight is 267 g/mol. The largest absolute Gasteiger partial charge is 0.318 e. The lowest BCUT2D eigenvalue weighted by Gasteiger charge is -2.52. The van der Waals surface area contributed by atoms with Gasteiger partial charge in [0.1, 0.15) is 0 Å². The maximum atomic E-state index is 3.40. The molecule has 0 aromatic rings. The number of nitrogens with one attached hydrogen (secondary N) is 1. The van der Waals surface area contributed by atoms with Crippen molar-refractivity contribution >= 4 is 0 Å². The number of likely N-dealkylation sites (N-methyl/N-ethyl adjacent to an activating group) is 2. The summed E-state index contributed by atoms with van der Waals surface area (Å²) >= 11 is 0. The van der Waals surface area contributed by atoms with Gasteiger partial charge in [-0.1, -0.05) is 25.7 Å². The van der Waals surface area contributed by atoms with Gasteiger partial charge >= 0.3 is 0 Å². The fourth-order valence-electron chi connectivity index (χ4n) is 3.80. The lowest BCUT2D eigenvalue weighted by atomic mass is 9.92. The van der Waals surface area contributed by atoms with Gasteiger partial charge in [0, 0.05) is 37.3 Å². The lowest BCUT2D eigenvalue weighted by Crippen LogP contribution is -2.65. The molecule has 0 spiro atoms. The highest BCUT2D eigenvalue weighted by atomic mass is 15.3. The van der Waals surface area contributed by atoms with Gasteiger partial charge in [0.05, 0.1) is 0 Å². The summed E-state index contributed by atoms with van der Waals surface area (Å²) in [6, 6.07) is 1.51. The first-order chi connectivity index (χ1) is 9.04. The van der Waals surface area contributed by atoms with Crippen molar-refractivity contribution in [1.29, 1.82) is 0 Å². The van der Waals surface area contributed by atoms with Crippen molar-refractivity contribution in [2.75, 3.05) is 33.7 Å². The lowest BCUT2D eigenvalue weighted by molar-refractivity contribution is -0.0270. The molecule has 0 amide bonds. The van der Waals surface area contributed by atoms with Crippen LogP contribution in [0.15, 0.2) is 0 Å². The van der Waals surface area contributed by atoms with Crippen LogP contribution in [0.5, 0.6) is 0 Å². The molecule has 2 rings (SSSR count). The highest BCUT2D eigenvalue weighted by Gasteiger charge is 2.39. The van der Waals surface area contributed by atoms with E-state index in [-0.39, 0.29) is 0 Å². The van der Waals surface area contributed by atoms with E-state index >= 15 is 0 Å². The first-order valence-corrected chi connectivity index (χ1v) is 8.16. The molecule has 3 nitrogen and oxygen atoms in total. The summed E-state index contributed by atoms with van der Waals surface area (Å²) in [7, 11) is 4.37. The highest BCUT2D eigenvalue weighted by Crippen LogP contribution is 2.29. The fourth-order valence-corrected chi connectivity index (χ4v) is 3.80. The van der Waals surface area contributed by atoms with Crippen molar-refractivity contribution in [1.82, 2.24) is 15.1 Å². The molecule has 1 N–H and O–H groups in total. The van der Waals surface area contributed by atoms with E-state index in [2.05, 4.69) is 43.1 Å². The zero-order chi connectivity index (χ0) is 13.9. The molecule has 1 aliphatic carbocycles. The van der Waals surface area contributed by atoms with Gasteiger partial charge in [-0.05, 0) is 40.8 Å². The Kier molecular flexibility index (Phi) is 5.27. The number of hydrogen-bond donors (Lipinski definition) is 1. The number of nitrogens with zero attached hydrogens (tertiary/aromatic N) is 2. The van der Waals surface area contributed by atoms with E-state index in [0.717, 1.165) is 12.6 Å². The van der Waals surface area contributed by atoms with Gasteiger partial charge < -0.3 is 5.32 Å². The van der Waals surface area contributed by atoms with Gasteiger partial charge in [-0.2, -0.15) is 0 Å². The topological polar surface area (TPSA) is 18.5 Å². The Morgan fingerprint density at radius 3 is 2.32 bits per heavy atom. The van der Waals surface area contributed by atoms with E-state index in [4.69, 9.17) is 0 Å². The molecule has 3 heteroatoms. The Balaban J connectivity index is 2.08. The van der Waals surface area contributed by atoms with Crippen LogP contribution in [-0.2, 0) is 0 Å². The van der Waals surface area contributed by atoms with E-state index in [1.807, 2.05) is 0 Å². The van der Waals surface area contributed by atoms with Gasteiger partial charge in [-0.3, -0.25) is 9.80 Å². The molecule has 19 heavy (non-hydrogen) atoms. The van der Waals surface area contributed by atoms with Crippen molar-refractivity contribution in [2.45, 2.75) is 70.0 Å². The number of rotatable bonds is 3. The monoisotopic (exact) mass is 267 g/mol. The molecular formula is C16H33N3. The summed E-state index contributed by atoms with van der Waals surface area (Å²) in [5.41, 5.74) is 0.316. The summed E-state index contributed by atoms with van der Waals surface area (Å²) in [5.74, 6) is 0. The van der Waals surface area contributed by atoms with Crippen LogP contribution in [0.4, 0.5) is 0 Å². The van der Waals surface area contributed by atoms with Crippen molar-refractivity contribution in [3.63, 3.8) is 0 Å². The minimum absolute atomic E-state index is 0.316. The molecule has 2 fully saturated rings. The summed E-state index contributed by atoms with van der Waals surface area (Å²) in [6.07, 6.45) is 8.60. The van der Waals surface area contributed by atoms with Crippen LogP contribution >= 0.6 is 0 Å². The van der Waals surface area contributed by atoms with Gasteiger partial charge in [0.25, 0.3) is 0 Å². The van der Waals surface area contributed by atoms with Crippen molar-refractivity contribution in [3.8, 4) is 0 Å². The standard InChI is InChI=1S/C16H33N3/c1-16(2)13-19(14-9-7-5-6-8-10-14)15(11-17-3)12-18(16)4/h14-15,17H,5-13H2,1-4H3. The third-order valence-corrected chi connectivity index (χ3v) is 5.29. The van der Waals surface area contributed by atoms with Gasteiger partial charge in [0.15, 0.2) is 0 Å². The normalized spacial score (nSPS) is 31.3. The molecule has 0 bridgehead atoms. The van der Waals surface area contributed by atoms with Crippen LogP contribution in [-0.4, -0.2) is 61.2 Å². The predicted molar refractivity (Wildman–Crippen MR) is 82.6 cm³/mol. The smallest absolute Gasteiger partial charge is 0.0351 e. The van der Waals surface area contributed by atoms with Crippen molar-refractivity contribution < 1.29 is 0 Å². The molecule has 1 saturated heterocycles. The summed E-state index contributed by atoms with van der Waals surface area (Å²) < 4.78 is 0. The van der Waals surface area contributed by atoms with E-state index in [0.29, 0.717) is 11.6 Å². The molecule has 1 aliphatic heterocycles. The molecule has 1 heterocycles. The minimum Gasteiger partial charge on any atom is -0.318 e. The molecule has 1 unspecified atom stereocenters.